The van der Waals surface area contributed by atoms with E-state index in [0.717, 1.165) is 38.3 Å². The zero-order valence-electron chi connectivity index (χ0n) is 13.8. The first-order valence-electron chi connectivity index (χ1n) is 7.56. The molecule has 0 aliphatic heterocycles. The van der Waals surface area contributed by atoms with Gasteiger partial charge in [-0.15, -0.1) is 0 Å². The second-order valence-electron chi connectivity index (χ2n) is 7.00. The predicted octanol–water partition coefficient (Wildman–Crippen LogP) is 3.27. The highest BCUT2D eigenvalue weighted by molar-refractivity contribution is 4.91. The maximum absolute atomic E-state index is 8.97. The first-order valence-corrected chi connectivity index (χ1v) is 7.56. The molecule has 0 saturated heterocycles. The molecule has 0 aromatic heterocycles. The fraction of sp³-hybridized carbons (Fsp3) is 0.938. The number of nitrogens with one attached hydrogen (secondary N) is 1. The predicted molar refractivity (Wildman–Crippen MR) is 83.0 cm³/mol. The van der Waals surface area contributed by atoms with Crippen molar-refractivity contribution in [3.05, 3.63) is 0 Å². The Morgan fingerprint density at radius 3 is 2.32 bits per heavy atom. The number of nitriles is 1. The average Bonchev–Trinajstić information content (AvgIpc) is 2.26. The van der Waals surface area contributed by atoms with Crippen molar-refractivity contribution >= 4 is 0 Å². The minimum absolute atomic E-state index is 0.166. The van der Waals surface area contributed by atoms with E-state index in [0.29, 0.717) is 6.04 Å². The molecule has 3 heteroatoms. The Bertz CT molecular complexity index is 254. The van der Waals surface area contributed by atoms with Crippen LogP contribution in [0.3, 0.4) is 0 Å². The molecule has 1 N–H and O–H groups in total. The molecule has 0 rings (SSSR count). The fourth-order valence-electron chi connectivity index (χ4n) is 2.29. The van der Waals surface area contributed by atoms with Gasteiger partial charge >= 0.3 is 0 Å². The van der Waals surface area contributed by atoms with E-state index in [9.17, 15) is 0 Å². The molecule has 3 nitrogen and oxygen atoms in total. The summed E-state index contributed by atoms with van der Waals surface area (Å²) in [4.78, 5) is 2.25. The minimum atomic E-state index is -0.166. The Morgan fingerprint density at radius 1 is 1.21 bits per heavy atom. The van der Waals surface area contributed by atoms with Crippen LogP contribution in [0.5, 0.6) is 0 Å². The number of unbranched alkanes of at least 4 members (excludes halogenated alkanes) is 1. The summed E-state index contributed by atoms with van der Waals surface area (Å²) in [6.07, 6.45) is 4.51. The smallest absolute Gasteiger partial charge is 0.0683 e. The molecule has 0 aromatic carbocycles. The lowest BCUT2D eigenvalue weighted by atomic mass is 9.89. The summed E-state index contributed by atoms with van der Waals surface area (Å²) >= 11 is 0. The topological polar surface area (TPSA) is 39.1 Å². The van der Waals surface area contributed by atoms with Crippen LogP contribution in [0.25, 0.3) is 0 Å². The van der Waals surface area contributed by atoms with Crippen molar-refractivity contribution in [2.45, 2.75) is 59.4 Å². The Hall–Kier alpha value is -0.590. The third kappa shape index (κ3) is 11.0. The maximum atomic E-state index is 8.97. The number of hydrogen-bond acceptors (Lipinski definition) is 3. The van der Waals surface area contributed by atoms with E-state index in [4.69, 9.17) is 5.26 Å². The van der Waals surface area contributed by atoms with Gasteiger partial charge in [0, 0.05) is 12.6 Å². The number of hydrogen-bond donors (Lipinski definition) is 1. The van der Waals surface area contributed by atoms with Crippen LogP contribution in [0.4, 0.5) is 0 Å². The van der Waals surface area contributed by atoms with Crippen molar-refractivity contribution in [2.24, 2.45) is 11.3 Å². The summed E-state index contributed by atoms with van der Waals surface area (Å²) in [6, 6.07) is 2.95. The highest BCUT2D eigenvalue weighted by atomic mass is 15.1. The van der Waals surface area contributed by atoms with Crippen LogP contribution in [0.2, 0.25) is 0 Å². The SMILES string of the molecule is CC(C)CC(CN(C)C)NCCCCC(C)(C)C#N. The van der Waals surface area contributed by atoms with Gasteiger partial charge in [0.15, 0.2) is 0 Å². The fourth-order valence-corrected chi connectivity index (χ4v) is 2.29. The number of rotatable bonds is 10. The lowest BCUT2D eigenvalue weighted by Crippen LogP contribution is -2.39. The zero-order chi connectivity index (χ0) is 14.9. The molecule has 0 fully saturated rings. The number of nitrogens with zero attached hydrogens (tertiary/aromatic N) is 2. The molecule has 112 valence electrons. The van der Waals surface area contributed by atoms with Crippen molar-refractivity contribution in [3.8, 4) is 6.07 Å². The van der Waals surface area contributed by atoms with Gasteiger partial charge in [-0.05, 0) is 59.7 Å². The van der Waals surface area contributed by atoms with E-state index < -0.39 is 0 Å². The second kappa shape index (κ2) is 9.34. The van der Waals surface area contributed by atoms with E-state index in [1.165, 1.54) is 6.42 Å². The summed E-state index contributed by atoms with van der Waals surface area (Å²) in [5.74, 6) is 0.731. The molecule has 0 aliphatic carbocycles. The first kappa shape index (κ1) is 18.4. The molecular weight excluding hydrogens is 234 g/mol. The van der Waals surface area contributed by atoms with Gasteiger partial charge < -0.3 is 10.2 Å². The highest BCUT2D eigenvalue weighted by Gasteiger charge is 2.16. The van der Waals surface area contributed by atoms with E-state index in [1.54, 1.807) is 0 Å². The highest BCUT2D eigenvalue weighted by Crippen LogP contribution is 2.21. The van der Waals surface area contributed by atoms with E-state index >= 15 is 0 Å². The average molecular weight is 267 g/mol. The van der Waals surface area contributed by atoms with Crippen molar-refractivity contribution in [2.75, 3.05) is 27.2 Å². The lowest BCUT2D eigenvalue weighted by molar-refractivity contribution is 0.303. The summed E-state index contributed by atoms with van der Waals surface area (Å²) in [7, 11) is 4.26. The Labute approximate surface area is 120 Å². The quantitative estimate of drug-likeness (QED) is 0.617. The van der Waals surface area contributed by atoms with Crippen molar-refractivity contribution < 1.29 is 0 Å². The Balaban J connectivity index is 3.84. The van der Waals surface area contributed by atoms with Crippen LogP contribution >= 0.6 is 0 Å². The molecule has 0 aromatic rings. The van der Waals surface area contributed by atoms with Crippen LogP contribution in [-0.2, 0) is 0 Å². The van der Waals surface area contributed by atoms with Crippen LogP contribution < -0.4 is 5.32 Å². The molecule has 0 spiro atoms. The monoisotopic (exact) mass is 267 g/mol. The maximum Gasteiger partial charge on any atom is 0.0683 e. The molecule has 0 amide bonds. The van der Waals surface area contributed by atoms with Gasteiger partial charge in [-0.25, -0.2) is 0 Å². The molecular formula is C16H33N3. The number of likely N-dealkylation sites (N-methyl/N-ethyl adjacent to an activating group) is 1. The summed E-state index contributed by atoms with van der Waals surface area (Å²) in [5.41, 5.74) is -0.166. The summed E-state index contributed by atoms with van der Waals surface area (Å²) < 4.78 is 0. The molecule has 1 atom stereocenters. The zero-order valence-corrected chi connectivity index (χ0v) is 13.8. The van der Waals surface area contributed by atoms with Crippen molar-refractivity contribution in [1.29, 1.82) is 5.26 Å². The molecule has 19 heavy (non-hydrogen) atoms. The Morgan fingerprint density at radius 2 is 1.84 bits per heavy atom. The minimum Gasteiger partial charge on any atom is -0.313 e. The van der Waals surface area contributed by atoms with E-state index in [1.807, 2.05) is 13.8 Å². The molecule has 0 bridgehead atoms. The van der Waals surface area contributed by atoms with Gasteiger partial charge in [0.05, 0.1) is 11.5 Å². The van der Waals surface area contributed by atoms with Crippen LogP contribution in [-0.4, -0.2) is 38.1 Å². The second-order valence-corrected chi connectivity index (χ2v) is 7.00. The molecule has 0 radical (unpaired) electrons. The molecule has 0 heterocycles. The molecule has 0 aliphatic rings. The summed E-state index contributed by atoms with van der Waals surface area (Å²) in [5, 5.41) is 12.6. The normalized spacial score (nSPS) is 13.8. The van der Waals surface area contributed by atoms with Crippen molar-refractivity contribution in [3.63, 3.8) is 0 Å². The van der Waals surface area contributed by atoms with Crippen LogP contribution in [0.1, 0.15) is 53.4 Å². The van der Waals surface area contributed by atoms with Crippen LogP contribution in [0, 0.1) is 22.7 Å². The lowest BCUT2D eigenvalue weighted by Gasteiger charge is -2.24. The van der Waals surface area contributed by atoms with Gasteiger partial charge in [0.25, 0.3) is 0 Å². The van der Waals surface area contributed by atoms with Crippen LogP contribution in [0.15, 0.2) is 0 Å². The first-order chi connectivity index (χ1) is 8.76. The van der Waals surface area contributed by atoms with E-state index in [-0.39, 0.29) is 5.41 Å². The molecule has 0 saturated carbocycles. The van der Waals surface area contributed by atoms with E-state index in [2.05, 4.69) is 44.2 Å². The third-order valence-electron chi connectivity index (χ3n) is 3.31. The summed E-state index contributed by atoms with van der Waals surface area (Å²) in [6.45, 7) is 10.8. The van der Waals surface area contributed by atoms with Gasteiger partial charge in [-0.3, -0.25) is 0 Å². The Kier molecular flexibility index (Phi) is 9.05. The standard InChI is InChI=1S/C16H33N3/c1-14(2)11-15(12-19(5)6)18-10-8-7-9-16(3,4)13-17/h14-15,18H,7-12H2,1-6H3. The third-order valence-corrected chi connectivity index (χ3v) is 3.31. The van der Waals surface area contributed by atoms with Crippen molar-refractivity contribution in [1.82, 2.24) is 10.2 Å². The van der Waals surface area contributed by atoms with Gasteiger partial charge in [-0.1, -0.05) is 20.3 Å². The van der Waals surface area contributed by atoms with Gasteiger partial charge in [-0.2, -0.15) is 5.26 Å². The van der Waals surface area contributed by atoms with Gasteiger partial charge in [0.2, 0.25) is 0 Å². The van der Waals surface area contributed by atoms with Gasteiger partial charge in [0.1, 0.15) is 0 Å². The largest absolute Gasteiger partial charge is 0.313 e. The molecule has 1 unspecified atom stereocenters.